The number of likely N-dealkylation sites (N-methyl/N-ethyl adjacent to an activating group) is 1. The van der Waals surface area contributed by atoms with Crippen LogP contribution in [0.5, 0.6) is 0 Å². The Morgan fingerprint density at radius 1 is 1.21 bits per heavy atom. The standard InChI is InChI=1S/C16H26N2O/c1-4-14(5-2)18(3)16(19)15(17)12-11-13-9-7-6-8-10-13/h6-10,14-15H,4-5,11-12,17H2,1-3H3/t15-/m0/s1. The van der Waals surface area contributed by atoms with E-state index in [1.165, 1.54) is 5.56 Å². The maximum absolute atomic E-state index is 12.2. The second-order valence-electron chi connectivity index (χ2n) is 5.05. The number of nitrogens with two attached hydrogens (primary N) is 1. The molecule has 1 rings (SSSR count). The van der Waals surface area contributed by atoms with E-state index in [2.05, 4.69) is 26.0 Å². The topological polar surface area (TPSA) is 46.3 Å². The number of nitrogens with zero attached hydrogens (tertiary/aromatic N) is 1. The number of rotatable bonds is 7. The molecule has 1 aromatic carbocycles. The highest BCUT2D eigenvalue weighted by Crippen LogP contribution is 2.10. The lowest BCUT2D eigenvalue weighted by Crippen LogP contribution is -2.46. The average molecular weight is 262 g/mol. The molecular weight excluding hydrogens is 236 g/mol. The Hall–Kier alpha value is -1.35. The van der Waals surface area contributed by atoms with Gasteiger partial charge in [0.15, 0.2) is 0 Å². The van der Waals surface area contributed by atoms with Crippen molar-refractivity contribution in [2.45, 2.75) is 51.6 Å². The van der Waals surface area contributed by atoms with Gasteiger partial charge >= 0.3 is 0 Å². The normalized spacial score (nSPS) is 12.5. The maximum atomic E-state index is 12.2. The molecule has 0 spiro atoms. The highest BCUT2D eigenvalue weighted by molar-refractivity contribution is 5.81. The van der Waals surface area contributed by atoms with Gasteiger partial charge in [0.2, 0.25) is 5.91 Å². The first-order chi connectivity index (χ1) is 9.10. The molecule has 19 heavy (non-hydrogen) atoms. The summed E-state index contributed by atoms with van der Waals surface area (Å²) in [6.45, 7) is 4.21. The minimum atomic E-state index is -0.397. The van der Waals surface area contributed by atoms with Crippen LogP contribution in [0.2, 0.25) is 0 Å². The van der Waals surface area contributed by atoms with Gasteiger partial charge in [-0.25, -0.2) is 0 Å². The monoisotopic (exact) mass is 262 g/mol. The van der Waals surface area contributed by atoms with E-state index in [9.17, 15) is 4.79 Å². The molecule has 0 aliphatic carbocycles. The lowest BCUT2D eigenvalue weighted by Gasteiger charge is -2.28. The smallest absolute Gasteiger partial charge is 0.239 e. The number of hydrogen-bond acceptors (Lipinski definition) is 2. The predicted molar refractivity (Wildman–Crippen MR) is 79.9 cm³/mol. The van der Waals surface area contributed by atoms with Crippen molar-refractivity contribution in [2.24, 2.45) is 5.73 Å². The molecular formula is C16H26N2O. The summed E-state index contributed by atoms with van der Waals surface area (Å²) >= 11 is 0. The van der Waals surface area contributed by atoms with Crippen molar-refractivity contribution < 1.29 is 4.79 Å². The van der Waals surface area contributed by atoms with Gasteiger partial charge in [0.25, 0.3) is 0 Å². The van der Waals surface area contributed by atoms with Gasteiger partial charge in [-0.1, -0.05) is 44.2 Å². The van der Waals surface area contributed by atoms with E-state index in [4.69, 9.17) is 5.73 Å². The lowest BCUT2D eigenvalue weighted by atomic mass is 10.0. The Morgan fingerprint density at radius 3 is 2.32 bits per heavy atom. The Kier molecular flexibility index (Phi) is 6.57. The molecule has 0 fully saturated rings. The summed E-state index contributed by atoms with van der Waals surface area (Å²) in [5.41, 5.74) is 7.25. The van der Waals surface area contributed by atoms with E-state index in [1.807, 2.05) is 30.1 Å². The second kappa shape index (κ2) is 7.95. The van der Waals surface area contributed by atoms with E-state index in [1.54, 1.807) is 0 Å². The minimum absolute atomic E-state index is 0.0598. The molecule has 0 unspecified atom stereocenters. The quantitative estimate of drug-likeness (QED) is 0.821. The second-order valence-corrected chi connectivity index (χ2v) is 5.05. The molecule has 0 radical (unpaired) electrons. The number of benzene rings is 1. The zero-order valence-electron chi connectivity index (χ0n) is 12.3. The van der Waals surface area contributed by atoms with Crippen LogP contribution in [0.1, 0.15) is 38.7 Å². The summed E-state index contributed by atoms with van der Waals surface area (Å²) in [5, 5.41) is 0. The van der Waals surface area contributed by atoms with Gasteiger partial charge < -0.3 is 10.6 Å². The van der Waals surface area contributed by atoms with Crippen molar-refractivity contribution in [1.29, 1.82) is 0 Å². The van der Waals surface area contributed by atoms with Gasteiger partial charge in [0.1, 0.15) is 0 Å². The van der Waals surface area contributed by atoms with E-state index in [0.29, 0.717) is 12.5 Å². The molecule has 3 nitrogen and oxygen atoms in total. The zero-order valence-corrected chi connectivity index (χ0v) is 12.3. The molecule has 3 heteroatoms. The number of carbonyl (C=O) groups is 1. The first kappa shape index (κ1) is 15.7. The molecule has 0 aromatic heterocycles. The minimum Gasteiger partial charge on any atom is -0.341 e. The summed E-state index contributed by atoms with van der Waals surface area (Å²) in [6.07, 6.45) is 3.51. The summed E-state index contributed by atoms with van der Waals surface area (Å²) in [7, 11) is 1.86. The van der Waals surface area contributed by atoms with Crippen molar-refractivity contribution >= 4 is 5.91 Å². The van der Waals surface area contributed by atoms with Gasteiger partial charge in [0, 0.05) is 13.1 Å². The molecule has 0 aliphatic heterocycles. The highest BCUT2D eigenvalue weighted by atomic mass is 16.2. The van der Waals surface area contributed by atoms with Crippen molar-refractivity contribution in [1.82, 2.24) is 4.90 Å². The molecule has 1 atom stereocenters. The van der Waals surface area contributed by atoms with Crippen LogP contribution in [-0.2, 0) is 11.2 Å². The Morgan fingerprint density at radius 2 is 1.79 bits per heavy atom. The van der Waals surface area contributed by atoms with Crippen LogP contribution >= 0.6 is 0 Å². The Bertz CT molecular complexity index is 374. The van der Waals surface area contributed by atoms with Gasteiger partial charge in [0.05, 0.1) is 6.04 Å². The number of carbonyl (C=O) groups excluding carboxylic acids is 1. The highest BCUT2D eigenvalue weighted by Gasteiger charge is 2.22. The van der Waals surface area contributed by atoms with Crippen LogP contribution < -0.4 is 5.73 Å². The molecule has 106 valence electrons. The van der Waals surface area contributed by atoms with Gasteiger partial charge in [-0.2, -0.15) is 0 Å². The average Bonchev–Trinajstić information content (AvgIpc) is 2.46. The van der Waals surface area contributed by atoms with Crippen molar-refractivity contribution in [2.75, 3.05) is 7.05 Å². The zero-order chi connectivity index (χ0) is 14.3. The van der Waals surface area contributed by atoms with Crippen LogP contribution in [0.15, 0.2) is 30.3 Å². The first-order valence-corrected chi connectivity index (χ1v) is 7.16. The van der Waals surface area contributed by atoms with Crippen molar-refractivity contribution in [3.8, 4) is 0 Å². The van der Waals surface area contributed by atoms with Crippen molar-refractivity contribution in [3.05, 3.63) is 35.9 Å². The lowest BCUT2D eigenvalue weighted by molar-refractivity contribution is -0.133. The van der Waals surface area contributed by atoms with Gasteiger partial charge in [-0.3, -0.25) is 4.79 Å². The van der Waals surface area contributed by atoms with E-state index >= 15 is 0 Å². The molecule has 1 aromatic rings. The third-order valence-corrected chi connectivity index (χ3v) is 3.74. The number of amides is 1. The van der Waals surface area contributed by atoms with Gasteiger partial charge in [-0.15, -0.1) is 0 Å². The fourth-order valence-electron chi connectivity index (χ4n) is 2.37. The summed E-state index contributed by atoms with van der Waals surface area (Å²) in [4.78, 5) is 14.0. The molecule has 0 saturated heterocycles. The summed E-state index contributed by atoms with van der Waals surface area (Å²) < 4.78 is 0. The molecule has 0 saturated carbocycles. The molecule has 0 bridgehead atoms. The fourth-order valence-corrected chi connectivity index (χ4v) is 2.37. The van der Waals surface area contributed by atoms with E-state index < -0.39 is 6.04 Å². The molecule has 0 heterocycles. The first-order valence-electron chi connectivity index (χ1n) is 7.16. The van der Waals surface area contributed by atoms with Crippen LogP contribution in [0.25, 0.3) is 0 Å². The number of aryl methyl sites for hydroxylation is 1. The summed E-state index contributed by atoms with van der Waals surface area (Å²) in [6, 6.07) is 10.1. The summed E-state index contributed by atoms with van der Waals surface area (Å²) in [5.74, 6) is 0.0598. The van der Waals surface area contributed by atoms with Crippen LogP contribution in [0.3, 0.4) is 0 Å². The van der Waals surface area contributed by atoms with Crippen LogP contribution in [0.4, 0.5) is 0 Å². The number of hydrogen-bond donors (Lipinski definition) is 1. The van der Waals surface area contributed by atoms with Crippen LogP contribution in [0, 0.1) is 0 Å². The molecule has 0 aliphatic rings. The SMILES string of the molecule is CCC(CC)N(C)C(=O)[C@@H](N)CCc1ccccc1. The molecule has 1 amide bonds. The van der Waals surface area contributed by atoms with Crippen LogP contribution in [-0.4, -0.2) is 29.9 Å². The largest absolute Gasteiger partial charge is 0.341 e. The Balaban J connectivity index is 2.48. The molecule has 2 N–H and O–H groups in total. The predicted octanol–water partition coefficient (Wildman–Crippen LogP) is 2.59. The Labute approximate surface area is 116 Å². The third kappa shape index (κ3) is 4.67. The van der Waals surface area contributed by atoms with Crippen molar-refractivity contribution in [3.63, 3.8) is 0 Å². The third-order valence-electron chi connectivity index (χ3n) is 3.74. The fraction of sp³-hybridized carbons (Fsp3) is 0.562. The maximum Gasteiger partial charge on any atom is 0.239 e. The van der Waals surface area contributed by atoms with E-state index in [-0.39, 0.29) is 5.91 Å². The van der Waals surface area contributed by atoms with E-state index in [0.717, 1.165) is 19.3 Å². The van der Waals surface area contributed by atoms with Gasteiger partial charge in [-0.05, 0) is 31.2 Å².